The summed E-state index contributed by atoms with van der Waals surface area (Å²) < 4.78 is 4.64. The van der Waals surface area contributed by atoms with Gasteiger partial charge in [0, 0.05) is 0 Å². The van der Waals surface area contributed by atoms with Gasteiger partial charge in [-0.1, -0.05) is 26.8 Å². The first-order valence-corrected chi connectivity index (χ1v) is 5.19. The Balaban J connectivity index is 3.39. The summed E-state index contributed by atoms with van der Waals surface area (Å²) in [5.41, 5.74) is 1.85. The quantitative estimate of drug-likeness (QED) is 0.743. The first-order chi connectivity index (χ1) is 7.27. The van der Waals surface area contributed by atoms with Crippen molar-refractivity contribution < 1.29 is 14.6 Å². The topological polar surface area (TPSA) is 46.5 Å². The number of aryl methyl sites for hydroxylation is 1. The van der Waals surface area contributed by atoms with Gasteiger partial charge in [-0.2, -0.15) is 0 Å². The van der Waals surface area contributed by atoms with Crippen molar-refractivity contribution in [1.29, 1.82) is 0 Å². The number of methoxy groups -OCH3 is 1. The Kier molecular flexibility index (Phi) is 3.27. The number of esters is 1. The van der Waals surface area contributed by atoms with E-state index in [0.29, 0.717) is 5.56 Å². The number of carbonyl (C=O) groups is 1. The van der Waals surface area contributed by atoms with Crippen LogP contribution in [-0.2, 0) is 10.2 Å². The molecule has 1 N–H and O–H groups in total. The van der Waals surface area contributed by atoms with Gasteiger partial charge in [-0.25, -0.2) is 4.79 Å². The van der Waals surface area contributed by atoms with E-state index in [1.54, 1.807) is 13.0 Å². The van der Waals surface area contributed by atoms with Gasteiger partial charge < -0.3 is 9.84 Å². The van der Waals surface area contributed by atoms with Gasteiger partial charge in [0.05, 0.1) is 7.11 Å². The fourth-order valence-electron chi connectivity index (χ4n) is 1.48. The van der Waals surface area contributed by atoms with Crippen LogP contribution in [0.1, 0.15) is 42.3 Å². The van der Waals surface area contributed by atoms with E-state index in [0.717, 1.165) is 5.56 Å². The van der Waals surface area contributed by atoms with E-state index >= 15 is 0 Å². The maximum absolute atomic E-state index is 11.5. The lowest BCUT2D eigenvalue weighted by molar-refractivity contribution is 0.0597. The molecule has 88 valence electrons. The predicted octanol–water partition coefficient (Wildman–Crippen LogP) is 2.78. The van der Waals surface area contributed by atoms with Crippen molar-refractivity contribution in [2.45, 2.75) is 33.1 Å². The minimum Gasteiger partial charge on any atom is -0.507 e. The van der Waals surface area contributed by atoms with E-state index in [2.05, 4.69) is 25.5 Å². The lowest BCUT2D eigenvalue weighted by Gasteiger charge is -2.21. The van der Waals surface area contributed by atoms with Crippen LogP contribution in [0.15, 0.2) is 12.1 Å². The van der Waals surface area contributed by atoms with E-state index in [1.165, 1.54) is 7.11 Å². The fraction of sp³-hybridized carbons (Fsp3) is 0.462. The summed E-state index contributed by atoms with van der Waals surface area (Å²) in [6.07, 6.45) is 0. The van der Waals surface area contributed by atoms with Crippen LogP contribution in [0.25, 0.3) is 0 Å². The Hall–Kier alpha value is -1.51. The number of ether oxygens (including phenoxy) is 1. The van der Waals surface area contributed by atoms with Crippen molar-refractivity contribution >= 4 is 5.97 Å². The van der Waals surface area contributed by atoms with E-state index in [4.69, 9.17) is 0 Å². The van der Waals surface area contributed by atoms with E-state index < -0.39 is 5.97 Å². The number of phenols is 1. The first kappa shape index (κ1) is 12.6. The SMILES string of the molecule is COC(=O)c1cc(C(C)(C)C)cc(C)c1O. The molecule has 0 heterocycles. The van der Waals surface area contributed by atoms with E-state index in [-0.39, 0.29) is 16.7 Å². The van der Waals surface area contributed by atoms with Crippen LogP contribution < -0.4 is 0 Å². The van der Waals surface area contributed by atoms with Gasteiger partial charge >= 0.3 is 5.97 Å². The maximum Gasteiger partial charge on any atom is 0.341 e. The summed E-state index contributed by atoms with van der Waals surface area (Å²) in [4.78, 5) is 11.5. The van der Waals surface area contributed by atoms with Crippen molar-refractivity contribution in [3.63, 3.8) is 0 Å². The Bertz CT molecular complexity index is 414. The molecular formula is C13H18O3. The van der Waals surface area contributed by atoms with Gasteiger partial charge in [0.1, 0.15) is 11.3 Å². The number of phenolic OH excluding ortho intramolecular Hbond substituents is 1. The van der Waals surface area contributed by atoms with Crippen LogP contribution in [-0.4, -0.2) is 18.2 Å². The van der Waals surface area contributed by atoms with Crippen LogP contribution in [0.4, 0.5) is 0 Å². The summed E-state index contributed by atoms with van der Waals surface area (Å²) in [6.45, 7) is 7.94. The lowest BCUT2D eigenvalue weighted by Crippen LogP contribution is -2.13. The predicted molar refractivity (Wildman–Crippen MR) is 62.9 cm³/mol. The van der Waals surface area contributed by atoms with Gasteiger partial charge in [-0.05, 0) is 29.5 Å². The summed E-state index contributed by atoms with van der Waals surface area (Å²) in [5.74, 6) is -0.508. The van der Waals surface area contributed by atoms with Crippen molar-refractivity contribution in [1.82, 2.24) is 0 Å². The highest BCUT2D eigenvalue weighted by atomic mass is 16.5. The van der Waals surface area contributed by atoms with Gasteiger partial charge in [-0.3, -0.25) is 0 Å². The minimum absolute atomic E-state index is 0.000139. The molecule has 0 aliphatic carbocycles. The van der Waals surface area contributed by atoms with Crippen LogP contribution in [0.5, 0.6) is 5.75 Å². The molecule has 3 nitrogen and oxygen atoms in total. The molecule has 0 fully saturated rings. The number of hydrogen-bond acceptors (Lipinski definition) is 3. The number of rotatable bonds is 1. The highest BCUT2D eigenvalue weighted by Gasteiger charge is 2.20. The maximum atomic E-state index is 11.5. The molecule has 16 heavy (non-hydrogen) atoms. The smallest absolute Gasteiger partial charge is 0.341 e. The fourth-order valence-corrected chi connectivity index (χ4v) is 1.48. The van der Waals surface area contributed by atoms with Crippen molar-refractivity contribution in [2.24, 2.45) is 0 Å². The molecule has 0 atom stereocenters. The number of carbonyl (C=O) groups excluding carboxylic acids is 1. The van der Waals surface area contributed by atoms with Gasteiger partial charge in [0.2, 0.25) is 0 Å². The third-order valence-electron chi connectivity index (χ3n) is 2.57. The third kappa shape index (κ3) is 2.35. The zero-order valence-corrected chi connectivity index (χ0v) is 10.4. The summed E-state index contributed by atoms with van der Waals surface area (Å²) >= 11 is 0. The van der Waals surface area contributed by atoms with Crippen LogP contribution in [0, 0.1) is 6.92 Å². The number of hydrogen-bond donors (Lipinski definition) is 1. The molecule has 0 aliphatic rings. The molecule has 0 aliphatic heterocycles. The van der Waals surface area contributed by atoms with Crippen molar-refractivity contribution in [2.75, 3.05) is 7.11 Å². The molecule has 1 aromatic rings. The lowest BCUT2D eigenvalue weighted by atomic mass is 9.85. The third-order valence-corrected chi connectivity index (χ3v) is 2.57. The second kappa shape index (κ2) is 4.16. The van der Waals surface area contributed by atoms with E-state index in [1.807, 2.05) is 6.07 Å². The second-order valence-electron chi connectivity index (χ2n) is 4.93. The molecular weight excluding hydrogens is 204 g/mol. The van der Waals surface area contributed by atoms with Crippen molar-refractivity contribution in [3.05, 3.63) is 28.8 Å². The molecule has 0 saturated heterocycles. The molecule has 0 bridgehead atoms. The standard InChI is InChI=1S/C13H18O3/c1-8-6-9(13(2,3)4)7-10(11(8)14)12(15)16-5/h6-7,14H,1-5H3. The molecule has 3 heteroatoms. The zero-order valence-electron chi connectivity index (χ0n) is 10.4. The Morgan fingerprint density at radius 2 is 1.88 bits per heavy atom. The monoisotopic (exact) mass is 222 g/mol. The summed E-state index contributed by atoms with van der Waals surface area (Å²) in [7, 11) is 1.31. The Morgan fingerprint density at radius 3 is 2.31 bits per heavy atom. The van der Waals surface area contributed by atoms with Crippen LogP contribution in [0.3, 0.4) is 0 Å². The van der Waals surface area contributed by atoms with Gasteiger partial charge in [0.25, 0.3) is 0 Å². The molecule has 0 spiro atoms. The first-order valence-electron chi connectivity index (χ1n) is 5.19. The average Bonchev–Trinajstić information content (AvgIpc) is 2.19. The molecule has 1 rings (SSSR count). The Morgan fingerprint density at radius 1 is 1.31 bits per heavy atom. The zero-order chi connectivity index (χ0) is 12.5. The molecule has 0 amide bonds. The number of benzene rings is 1. The summed E-state index contributed by atoms with van der Waals surface area (Å²) in [5, 5.41) is 9.79. The summed E-state index contributed by atoms with van der Waals surface area (Å²) in [6, 6.07) is 3.58. The average molecular weight is 222 g/mol. The highest BCUT2D eigenvalue weighted by molar-refractivity contribution is 5.93. The second-order valence-corrected chi connectivity index (χ2v) is 4.93. The molecule has 0 unspecified atom stereocenters. The molecule has 0 radical (unpaired) electrons. The van der Waals surface area contributed by atoms with Crippen LogP contribution in [0.2, 0.25) is 0 Å². The molecule has 0 saturated carbocycles. The van der Waals surface area contributed by atoms with Crippen LogP contribution >= 0.6 is 0 Å². The van der Waals surface area contributed by atoms with Gasteiger partial charge in [-0.15, -0.1) is 0 Å². The van der Waals surface area contributed by atoms with E-state index in [9.17, 15) is 9.90 Å². The minimum atomic E-state index is -0.508. The van der Waals surface area contributed by atoms with Crippen molar-refractivity contribution in [3.8, 4) is 5.75 Å². The highest BCUT2D eigenvalue weighted by Crippen LogP contribution is 2.30. The number of aromatic hydroxyl groups is 1. The molecule has 1 aromatic carbocycles. The Labute approximate surface area is 96.1 Å². The van der Waals surface area contributed by atoms with Gasteiger partial charge in [0.15, 0.2) is 0 Å². The largest absolute Gasteiger partial charge is 0.507 e. The normalized spacial score (nSPS) is 11.3. The molecule has 0 aromatic heterocycles.